The first-order chi connectivity index (χ1) is 9.06. The number of aryl methyl sites for hydroxylation is 1. The second-order valence-electron chi connectivity index (χ2n) is 4.99. The number of carbonyl (C=O) groups is 1. The van der Waals surface area contributed by atoms with Gasteiger partial charge in [0, 0.05) is 25.3 Å². The standard InChI is InChI=1S/C14H20N2O3/c1-10-3-4-12(14(17)18)13(7-10)15-8-11-9-16(2)5-6-19-11/h3-4,7,11,15H,5-6,8-9H2,1-2H3,(H,17,18). The Morgan fingerprint density at radius 2 is 2.37 bits per heavy atom. The molecule has 0 aromatic heterocycles. The van der Waals surface area contributed by atoms with Crippen LogP contribution in [-0.4, -0.2) is 55.4 Å². The van der Waals surface area contributed by atoms with E-state index in [9.17, 15) is 4.79 Å². The summed E-state index contributed by atoms with van der Waals surface area (Å²) in [6.07, 6.45) is 0.0981. The number of ether oxygens (including phenoxy) is 1. The SMILES string of the molecule is Cc1ccc(C(=O)O)c(NCC2CN(C)CCO2)c1. The van der Waals surface area contributed by atoms with Crippen LogP contribution in [0.5, 0.6) is 0 Å². The molecular weight excluding hydrogens is 244 g/mol. The van der Waals surface area contributed by atoms with E-state index in [-0.39, 0.29) is 6.10 Å². The highest BCUT2D eigenvalue weighted by atomic mass is 16.5. The van der Waals surface area contributed by atoms with Crippen molar-refractivity contribution in [1.82, 2.24) is 4.90 Å². The highest BCUT2D eigenvalue weighted by molar-refractivity contribution is 5.94. The molecule has 5 heteroatoms. The molecule has 1 heterocycles. The highest BCUT2D eigenvalue weighted by Gasteiger charge is 2.18. The van der Waals surface area contributed by atoms with Gasteiger partial charge in [-0.05, 0) is 31.7 Å². The molecule has 0 amide bonds. The van der Waals surface area contributed by atoms with E-state index >= 15 is 0 Å². The Labute approximate surface area is 113 Å². The molecule has 1 atom stereocenters. The van der Waals surface area contributed by atoms with Crippen LogP contribution in [0.4, 0.5) is 5.69 Å². The Kier molecular flexibility index (Phi) is 4.39. The maximum Gasteiger partial charge on any atom is 0.337 e. The molecule has 2 N–H and O–H groups in total. The van der Waals surface area contributed by atoms with E-state index in [0.29, 0.717) is 17.8 Å². The number of anilines is 1. The Morgan fingerprint density at radius 1 is 1.58 bits per heavy atom. The summed E-state index contributed by atoms with van der Waals surface area (Å²) in [6.45, 7) is 5.10. The molecule has 1 fully saturated rings. The summed E-state index contributed by atoms with van der Waals surface area (Å²) in [5, 5.41) is 12.3. The third-order valence-corrected chi connectivity index (χ3v) is 3.27. The zero-order valence-corrected chi connectivity index (χ0v) is 11.3. The van der Waals surface area contributed by atoms with Gasteiger partial charge in [0.05, 0.1) is 18.3 Å². The van der Waals surface area contributed by atoms with Gasteiger partial charge in [-0.1, -0.05) is 6.07 Å². The van der Waals surface area contributed by atoms with Gasteiger partial charge in [0.25, 0.3) is 0 Å². The fourth-order valence-electron chi connectivity index (χ4n) is 2.20. The summed E-state index contributed by atoms with van der Waals surface area (Å²) in [6, 6.07) is 5.30. The third-order valence-electron chi connectivity index (χ3n) is 3.27. The van der Waals surface area contributed by atoms with Crippen molar-refractivity contribution in [3.8, 4) is 0 Å². The summed E-state index contributed by atoms with van der Waals surface area (Å²) < 4.78 is 5.65. The first-order valence-electron chi connectivity index (χ1n) is 6.44. The molecule has 1 aromatic rings. The van der Waals surface area contributed by atoms with Gasteiger partial charge in [0.15, 0.2) is 0 Å². The first kappa shape index (κ1) is 13.8. The first-order valence-corrected chi connectivity index (χ1v) is 6.44. The molecule has 19 heavy (non-hydrogen) atoms. The molecule has 1 aliphatic rings. The number of likely N-dealkylation sites (N-methyl/N-ethyl adjacent to an activating group) is 1. The van der Waals surface area contributed by atoms with E-state index in [1.165, 1.54) is 0 Å². The van der Waals surface area contributed by atoms with Crippen molar-refractivity contribution in [1.29, 1.82) is 0 Å². The average molecular weight is 264 g/mol. The van der Waals surface area contributed by atoms with Crippen molar-refractivity contribution >= 4 is 11.7 Å². The molecule has 1 saturated heterocycles. The number of carboxylic acid groups (broad SMARTS) is 1. The second-order valence-corrected chi connectivity index (χ2v) is 4.99. The quantitative estimate of drug-likeness (QED) is 0.861. The van der Waals surface area contributed by atoms with Gasteiger partial charge in [-0.25, -0.2) is 4.79 Å². The molecular formula is C14H20N2O3. The van der Waals surface area contributed by atoms with Gasteiger partial charge in [-0.2, -0.15) is 0 Å². The van der Waals surface area contributed by atoms with Crippen LogP contribution in [0, 0.1) is 6.92 Å². The van der Waals surface area contributed by atoms with Gasteiger partial charge in [-0.3, -0.25) is 0 Å². The largest absolute Gasteiger partial charge is 0.478 e. The molecule has 0 saturated carbocycles. The number of nitrogens with one attached hydrogen (secondary N) is 1. The molecule has 0 bridgehead atoms. The number of hydrogen-bond donors (Lipinski definition) is 2. The molecule has 0 aliphatic carbocycles. The topological polar surface area (TPSA) is 61.8 Å². The Hall–Kier alpha value is -1.59. The van der Waals surface area contributed by atoms with Crippen LogP contribution >= 0.6 is 0 Å². The van der Waals surface area contributed by atoms with E-state index in [4.69, 9.17) is 9.84 Å². The van der Waals surface area contributed by atoms with Crippen molar-refractivity contribution in [3.05, 3.63) is 29.3 Å². The smallest absolute Gasteiger partial charge is 0.337 e. The Bertz CT molecular complexity index is 462. The number of benzene rings is 1. The lowest BCUT2D eigenvalue weighted by molar-refractivity contribution is -0.0117. The Morgan fingerprint density at radius 3 is 3.05 bits per heavy atom. The van der Waals surface area contributed by atoms with E-state index in [1.807, 2.05) is 13.0 Å². The van der Waals surface area contributed by atoms with Crippen molar-refractivity contribution in [2.24, 2.45) is 0 Å². The van der Waals surface area contributed by atoms with E-state index < -0.39 is 5.97 Å². The fraction of sp³-hybridized carbons (Fsp3) is 0.500. The van der Waals surface area contributed by atoms with Crippen molar-refractivity contribution in [2.75, 3.05) is 38.6 Å². The number of morpholine rings is 1. The van der Waals surface area contributed by atoms with Gasteiger partial charge >= 0.3 is 5.97 Å². The predicted octanol–water partition coefficient (Wildman–Crippen LogP) is 1.44. The van der Waals surface area contributed by atoms with Crippen molar-refractivity contribution in [2.45, 2.75) is 13.0 Å². The highest BCUT2D eigenvalue weighted by Crippen LogP contribution is 2.18. The van der Waals surface area contributed by atoms with Crippen LogP contribution in [0.25, 0.3) is 0 Å². The number of nitrogens with zero attached hydrogens (tertiary/aromatic N) is 1. The lowest BCUT2D eigenvalue weighted by atomic mass is 10.1. The molecule has 5 nitrogen and oxygen atoms in total. The molecule has 2 rings (SSSR count). The molecule has 1 unspecified atom stereocenters. The molecule has 0 spiro atoms. The third kappa shape index (κ3) is 3.68. The van der Waals surface area contributed by atoms with Crippen LogP contribution in [0.2, 0.25) is 0 Å². The molecule has 1 aromatic carbocycles. The van der Waals surface area contributed by atoms with Gasteiger partial charge in [0.1, 0.15) is 0 Å². The van der Waals surface area contributed by atoms with Crippen LogP contribution in [0.15, 0.2) is 18.2 Å². The fourth-order valence-corrected chi connectivity index (χ4v) is 2.20. The van der Waals surface area contributed by atoms with E-state index in [1.54, 1.807) is 12.1 Å². The van der Waals surface area contributed by atoms with Crippen molar-refractivity contribution in [3.63, 3.8) is 0 Å². The van der Waals surface area contributed by atoms with Gasteiger partial charge in [-0.15, -0.1) is 0 Å². The van der Waals surface area contributed by atoms with Crippen LogP contribution in [-0.2, 0) is 4.74 Å². The van der Waals surface area contributed by atoms with E-state index in [0.717, 1.165) is 25.3 Å². The maximum absolute atomic E-state index is 11.2. The number of rotatable bonds is 4. The molecule has 0 radical (unpaired) electrons. The minimum Gasteiger partial charge on any atom is -0.478 e. The van der Waals surface area contributed by atoms with Crippen molar-refractivity contribution < 1.29 is 14.6 Å². The molecule has 1 aliphatic heterocycles. The summed E-state index contributed by atoms with van der Waals surface area (Å²) in [7, 11) is 2.06. The number of aromatic carboxylic acids is 1. The van der Waals surface area contributed by atoms with Gasteiger partial charge < -0.3 is 20.1 Å². The minimum atomic E-state index is -0.913. The molecule has 104 valence electrons. The minimum absolute atomic E-state index is 0.0981. The monoisotopic (exact) mass is 264 g/mol. The van der Waals surface area contributed by atoms with Gasteiger partial charge in [0.2, 0.25) is 0 Å². The number of hydrogen-bond acceptors (Lipinski definition) is 4. The van der Waals surface area contributed by atoms with Crippen LogP contribution in [0.3, 0.4) is 0 Å². The summed E-state index contributed by atoms with van der Waals surface area (Å²) in [5.41, 5.74) is 1.99. The normalized spacial score (nSPS) is 20.2. The second kappa shape index (κ2) is 6.04. The zero-order chi connectivity index (χ0) is 13.8. The average Bonchev–Trinajstić information content (AvgIpc) is 2.36. The number of carboxylic acids is 1. The summed E-state index contributed by atoms with van der Waals surface area (Å²) in [5.74, 6) is -0.913. The summed E-state index contributed by atoms with van der Waals surface area (Å²) in [4.78, 5) is 13.4. The maximum atomic E-state index is 11.2. The summed E-state index contributed by atoms with van der Waals surface area (Å²) >= 11 is 0. The van der Waals surface area contributed by atoms with Crippen LogP contribution < -0.4 is 5.32 Å². The van der Waals surface area contributed by atoms with Crippen LogP contribution in [0.1, 0.15) is 15.9 Å². The predicted molar refractivity (Wildman–Crippen MR) is 73.9 cm³/mol. The van der Waals surface area contributed by atoms with E-state index in [2.05, 4.69) is 17.3 Å². The lowest BCUT2D eigenvalue weighted by Gasteiger charge is -2.30. The Balaban J connectivity index is 2.02. The zero-order valence-electron chi connectivity index (χ0n) is 11.3. The lowest BCUT2D eigenvalue weighted by Crippen LogP contribution is -2.43.